The predicted octanol–water partition coefficient (Wildman–Crippen LogP) is 1.89. The zero-order valence-electron chi connectivity index (χ0n) is 18.9. The van der Waals surface area contributed by atoms with E-state index in [-0.39, 0.29) is 18.5 Å². The minimum Gasteiger partial charge on any atom is -0.491 e. The van der Waals surface area contributed by atoms with Crippen molar-refractivity contribution in [2.75, 3.05) is 59.5 Å². The van der Waals surface area contributed by atoms with Crippen LogP contribution in [0.25, 0.3) is 0 Å². The van der Waals surface area contributed by atoms with Crippen molar-refractivity contribution in [2.45, 2.75) is 44.8 Å². The van der Waals surface area contributed by atoms with Crippen LogP contribution in [0.5, 0.6) is 5.75 Å². The number of aliphatic hydroxyl groups is 1. The minimum atomic E-state index is -0.550. The first-order valence-corrected chi connectivity index (χ1v) is 11.8. The van der Waals surface area contributed by atoms with E-state index in [1.54, 1.807) is 0 Å². The first-order valence-electron chi connectivity index (χ1n) is 11.8. The van der Waals surface area contributed by atoms with E-state index in [9.17, 15) is 9.90 Å². The van der Waals surface area contributed by atoms with Crippen LogP contribution in [0.3, 0.4) is 0 Å². The van der Waals surface area contributed by atoms with Crippen LogP contribution in [-0.4, -0.2) is 86.5 Å². The monoisotopic (exact) mass is 433 g/mol. The molecule has 0 aromatic heterocycles. The van der Waals surface area contributed by atoms with Crippen LogP contribution in [-0.2, 0) is 16.1 Å². The number of ether oxygens (including phenoxy) is 2. The highest BCUT2D eigenvalue weighted by molar-refractivity contribution is 5.72. The molecule has 2 heterocycles. The van der Waals surface area contributed by atoms with Gasteiger partial charge in [0.1, 0.15) is 18.5 Å². The summed E-state index contributed by atoms with van der Waals surface area (Å²) in [4.78, 5) is 16.3. The number of likely N-dealkylation sites (tertiary alicyclic amines) is 2. The third-order valence-electron chi connectivity index (χ3n) is 6.34. The zero-order valence-corrected chi connectivity index (χ0v) is 18.9. The topological polar surface area (TPSA) is 74.3 Å². The van der Waals surface area contributed by atoms with Crippen LogP contribution >= 0.6 is 0 Å². The van der Waals surface area contributed by atoms with Gasteiger partial charge < -0.3 is 29.7 Å². The van der Waals surface area contributed by atoms with Crippen molar-refractivity contribution in [3.8, 4) is 5.75 Å². The number of benzene rings is 1. The average molecular weight is 434 g/mol. The van der Waals surface area contributed by atoms with E-state index in [2.05, 4.69) is 27.2 Å². The summed E-state index contributed by atoms with van der Waals surface area (Å²) in [5.74, 6) is 0.650. The molecule has 0 radical (unpaired) electrons. The van der Waals surface area contributed by atoms with Gasteiger partial charge >= 0.3 is 5.97 Å². The largest absolute Gasteiger partial charge is 0.491 e. The lowest BCUT2D eigenvalue weighted by Gasteiger charge is -2.31. The number of esters is 1. The number of β-amino-alcohol motifs (C(OH)–C–C–N with tert-alkyl or cyclic N) is 1. The van der Waals surface area contributed by atoms with Gasteiger partial charge in [0.25, 0.3) is 0 Å². The van der Waals surface area contributed by atoms with Gasteiger partial charge in [-0.15, -0.1) is 0 Å². The maximum absolute atomic E-state index is 11.6. The Morgan fingerprint density at radius 2 is 1.81 bits per heavy atom. The Labute approximate surface area is 186 Å². The molecule has 1 aromatic rings. The third-order valence-corrected chi connectivity index (χ3v) is 6.34. The molecular weight excluding hydrogens is 394 g/mol. The molecule has 1 aromatic carbocycles. The zero-order chi connectivity index (χ0) is 21.9. The molecule has 1 unspecified atom stereocenters. The number of nitrogens with zero attached hydrogens (tertiary/aromatic N) is 2. The Morgan fingerprint density at radius 3 is 2.48 bits per heavy atom. The number of rotatable bonds is 11. The van der Waals surface area contributed by atoms with Crippen molar-refractivity contribution in [1.82, 2.24) is 15.1 Å². The molecule has 7 nitrogen and oxygen atoms in total. The number of hydrogen-bond acceptors (Lipinski definition) is 7. The molecule has 2 aliphatic rings. The smallest absolute Gasteiger partial charge is 0.308 e. The van der Waals surface area contributed by atoms with E-state index in [4.69, 9.17) is 9.47 Å². The molecule has 7 heteroatoms. The Bertz CT molecular complexity index is 641. The van der Waals surface area contributed by atoms with Gasteiger partial charge in [-0.05, 0) is 69.6 Å². The lowest BCUT2D eigenvalue weighted by atomic mass is 9.97. The van der Waals surface area contributed by atoms with Crippen molar-refractivity contribution in [3.05, 3.63) is 29.8 Å². The molecule has 0 amide bonds. The van der Waals surface area contributed by atoms with Gasteiger partial charge in [0.05, 0.1) is 13.0 Å². The van der Waals surface area contributed by atoms with Crippen LogP contribution < -0.4 is 10.1 Å². The fourth-order valence-electron chi connectivity index (χ4n) is 4.42. The summed E-state index contributed by atoms with van der Waals surface area (Å²) in [6.45, 7) is 7.92. The Balaban J connectivity index is 1.27. The maximum Gasteiger partial charge on any atom is 0.308 e. The SMILES string of the molecule is COC(=O)C1CCN(CC(O)COc2ccc(CNCCN3CCCCC3)cc2)CC1. The standard InChI is InChI=1S/C24H39N3O4/c1-30-24(29)21-9-14-27(15-10-21)18-22(28)19-31-23-7-5-20(6-8-23)17-25-11-16-26-12-3-2-4-13-26/h5-8,21-22,25,28H,2-4,9-19H2,1H3. The van der Waals surface area contributed by atoms with Gasteiger partial charge in [-0.25, -0.2) is 0 Å². The Kier molecular flexibility index (Phi) is 10.1. The lowest BCUT2D eigenvalue weighted by Crippen LogP contribution is -2.42. The molecule has 3 rings (SSSR count). The van der Waals surface area contributed by atoms with E-state index in [1.165, 1.54) is 45.0 Å². The normalized spacial score (nSPS) is 19.8. The van der Waals surface area contributed by atoms with Gasteiger partial charge in [0.2, 0.25) is 0 Å². The van der Waals surface area contributed by atoms with Gasteiger partial charge in [-0.1, -0.05) is 18.6 Å². The van der Waals surface area contributed by atoms with Crippen LogP contribution in [0, 0.1) is 5.92 Å². The molecule has 0 saturated carbocycles. The third kappa shape index (κ3) is 8.41. The van der Waals surface area contributed by atoms with Crippen LogP contribution in [0.4, 0.5) is 0 Å². The highest BCUT2D eigenvalue weighted by atomic mass is 16.5. The number of methoxy groups -OCH3 is 1. The Hall–Kier alpha value is -1.67. The number of carbonyl (C=O) groups excluding carboxylic acids is 1. The van der Waals surface area contributed by atoms with Gasteiger partial charge in [-0.2, -0.15) is 0 Å². The van der Waals surface area contributed by atoms with Crippen LogP contribution in [0.2, 0.25) is 0 Å². The van der Waals surface area contributed by atoms with Gasteiger partial charge in [0.15, 0.2) is 0 Å². The molecule has 0 bridgehead atoms. The fraction of sp³-hybridized carbons (Fsp3) is 0.708. The molecular formula is C24H39N3O4. The summed E-state index contributed by atoms with van der Waals surface area (Å²) < 4.78 is 10.6. The van der Waals surface area contributed by atoms with Crippen molar-refractivity contribution in [3.63, 3.8) is 0 Å². The summed E-state index contributed by atoms with van der Waals surface area (Å²) in [7, 11) is 1.44. The number of nitrogens with one attached hydrogen (secondary N) is 1. The highest BCUT2D eigenvalue weighted by Gasteiger charge is 2.26. The molecule has 174 valence electrons. The molecule has 2 saturated heterocycles. The fourth-order valence-corrected chi connectivity index (χ4v) is 4.42. The summed E-state index contributed by atoms with van der Waals surface area (Å²) >= 11 is 0. The number of carbonyl (C=O) groups is 1. The van der Waals surface area contributed by atoms with Crippen molar-refractivity contribution < 1.29 is 19.4 Å². The quantitative estimate of drug-likeness (QED) is 0.408. The second kappa shape index (κ2) is 13.0. The summed E-state index contributed by atoms with van der Waals surface area (Å²) in [6, 6.07) is 8.09. The lowest BCUT2D eigenvalue weighted by molar-refractivity contribution is -0.147. The van der Waals surface area contributed by atoms with E-state index in [0.717, 1.165) is 51.3 Å². The molecule has 2 aliphatic heterocycles. The average Bonchev–Trinajstić information content (AvgIpc) is 2.82. The second-order valence-corrected chi connectivity index (χ2v) is 8.79. The molecule has 0 aliphatic carbocycles. The first kappa shape index (κ1) is 24.0. The summed E-state index contributed by atoms with van der Waals surface area (Å²) in [5, 5.41) is 13.8. The summed E-state index contributed by atoms with van der Waals surface area (Å²) in [6.07, 6.45) is 5.08. The van der Waals surface area contributed by atoms with E-state index < -0.39 is 6.10 Å². The molecule has 1 atom stereocenters. The molecule has 0 spiro atoms. The number of aliphatic hydroxyl groups excluding tert-OH is 1. The Morgan fingerprint density at radius 1 is 1.10 bits per heavy atom. The number of piperidine rings is 2. The van der Waals surface area contributed by atoms with Crippen molar-refractivity contribution >= 4 is 5.97 Å². The van der Waals surface area contributed by atoms with Gasteiger partial charge in [-0.3, -0.25) is 4.79 Å². The van der Waals surface area contributed by atoms with Crippen molar-refractivity contribution in [2.24, 2.45) is 5.92 Å². The molecule has 2 N–H and O–H groups in total. The van der Waals surface area contributed by atoms with Crippen LogP contribution in [0.1, 0.15) is 37.7 Å². The minimum absolute atomic E-state index is 0.00702. The second-order valence-electron chi connectivity index (χ2n) is 8.79. The predicted molar refractivity (Wildman–Crippen MR) is 121 cm³/mol. The summed E-state index contributed by atoms with van der Waals surface area (Å²) in [5.41, 5.74) is 1.24. The molecule has 2 fully saturated rings. The van der Waals surface area contributed by atoms with E-state index >= 15 is 0 Å². The highest BCUT2D eigenvalue weighted by Crippen LogP contribution is 2.19. The maximum atomic E-state index is 11.6. The van der Waals surface area contributed by atoms with E-state index in [0.29, 0.717) is 6.54 Å². The molecule has 31 heavy (non-hydrogen) atoms. The van der Waals surface area contributed by atoms with E-state index in [1.807, 2.05) is 12.1 Å². The first-order chi connectivity index (χ1) is 15.1. The van der Waals surface area contributed by atoms with Crippen molar-refractivity contribution in [1.29, 1.82) is 0 Å². The van der Waals surface area contributed by atoms with Crippen LogP contribution in [0.15, 0.2) is 24.3 Å². The number of hydrogen-bond donors (Lipinski definition) is 2. The van der Waals surface area contributed by atoms with Gasteiger partial charge in [0, 0.05) is 26.2 Å².